The maximum absolute atomic E-state index is 12.2. The van der Waals surface area contributed by atoms with E-state index in [1.807, 2.05) is 67.6 Å². The molecular formula is C19H16O2. The fourth-order valence-electron chi connectivity index (χ4n) is 2.37. The molecule has 0 bridgehead atoms. The molecule has 0 atom stereocenters. The van der Waals surface area contributed by atoms with Gasteiger partial charge in [0.15, 0.2) is 12.4 Å². The van der Waals surface area contributed by atoms with Crippen molar-refractivity contribution in [3.05, 3.63) is 77.9 Å². The molecule has 3 aromatic carbocycles. The average molecular weight is 276 g/mol. The van der Waals surface area contributed by atoms with E-state index in [9.17, 15) is 4.79 Å². The van der Waals surface area contributed by atoms with Crippen molar-refractivity contribution < 1.29 is 9.53 Å². The number of fused-ring (bicyclic) bond motifs is 1. The van der Waals surface area contributed by atoms with Crippen LogP contribution >= 0.6 is 0 Å². The van der Waals surface area contributed by atoms with Crippen molar-refractivity contribution in [3.8, 4) is 5.75 Å². The second-order valence-electron chi connectivity index (χ2n) is 5.04. The van der Waals surface area contributed by atoms with Gasteiger partial charge in [0.05, 0.1) is 0 Å². The molecule has 0 aromatic heterocycles. The number of hydrogen-bond acceptors (Lipinski definition) is 2. The maximum Gasteiger partial charge on any atom is 0.200 e. The van der Waals surface area contributed by atoms with E-state index in [1.165, 1.54) is 0 Å². The molecule has 0 aliphatic heterocycles. The average Bonchev–Trinajstić information content (AvgIpc) is 2.53. The predicted molar refractivity (Wildman–Crippen MR) is 85.0 cm³/mol. The Hall–Kier alpha value is -2.61. The first-order valence-electron chi connectivity index (χ1n) is 6.94. The van der Waals surface area contributed by atoms with Crippen molar-refractivity contribution in [1.82, 2.24) is 0 Å². The molecule has 2 nitrogen and oxygen atoms in total. The molecule has 0 amide bonds. The summed E-state index contributed by atoms with van der Waals surface area (Å²) in [6, 6.07) is 21.5. The van der Waals surface area contributed by atoms with Gasteiger partial charge in [-0.2, -0.15) is 0 Å². The second kappa shape index (κ2) is 5.80. The highest BCUT2D eigenvalue weighted by Gasteiger charge is 2.09. The highest BCUT2D eigenvalue weighted by atomic mass is 16.5. The minimum atomic E-state index is 0.00117. The first kappa shape index (κ1) is 13.4. The lowest BCUT2D eigenvalue weighted by Gasteiger charge is -2.08. The molecule has 0 fully saturated rings. The fraction of sp³-hybridized carbons (Fsp3) is 0.105. The lowest BCUT2D eigenvalue weighted by Crippen LogP contribution is -2.12. The Morgan fingerprint density at radius 1 is 0.905 bits per heavy atom. The van der Waals surface area contributed by atoms with Crippen LogP contribution in [0, 0.1) is 6.92 Å². The van der Waals surface area contributed by atoms with E-state index in [0.717, 1.165) is 27.6 Å². The number of benzene rings is 3. The first-order valence-corrected chi connectivity index (χ1v) is 6.94. The summed E-state index contributed by atoms with van der Waals surface area (Å²) in [5.41, 5.74) is 1.70. The van der Waals surface area contributed by atoms with Gasteiger partial charge >= 0.3 is 0 Å². The van der Waals surface area contributed by atoms with Gasteiger partial charge in [0.2, 0.25) is 0 Å². The van der Waals surface area contributed by atoms with Gasteiger partial charge in [-0.15, -0.1) is 0 Å². The van der Waals surface area contributed by atoms with E-state index in [0.29, 0.717) is 0 Å². The standard InChI is InChI=1S/C19H16O2/c1-14-6-2-5-9-18(14)19(20)13-21-17-11-10-15-7-3-4-8-16(15)12-17/h2-12H,13H2,1H3. The Bertz CT molecular complexity index is 790. The molecule has 0 unspecified atom stereocenters. The van der Waals surface area contributed by atoms with Gasteiger partial charge in [-0.3, -0.25) is 4.79 Å². The Morgan fingerprint density at radius 3 is 2.43 bits per heavy atom. The molecule has 0 spiro atoms. The van der Waals surface area contributed by atoms with Crippen LogP contribution in [0.4, 0.5) is 0 Å². The highest BCUT2D eigenvalue weighted by molar-refractivity contribution is 5.98. The summed E-state index contributed by atoms with van der Waals surface area (Å²) in [5.74, 6) is 0.719. The van der Waals surface area contributed by atoms with Gasteiger partial charge in [-0.25, -0.2) is 0 Å². The molecule has 3 aromatic rings. The summed E-state index contributed by atoms with van der Waals surface area (Å²) in [6.45, 7) is 1.99. The largest absolute Gasteiger partial charge is 0.485 e. The third kappa shape index (κ3) is 2.95. The van der Waals surface area contributed by atoms with Crippen molar-refractivity contribution in [3.63, 3.8) is 0 Å². The number of ketones is 1. The number of aryl methyl sites for hydroxylation is 1. The fourth-order valence-corrected chi connectivity index (χ4v) is 2.37. The molecule has 2 heteroatoms. The minimum absolute atomic E-state index is 0.00117. The lowest BCUT2D eigenvalue weighted by atomic mass is 10.1. The minimum Gasteiger partial charge on any atom is -0.485 e. The lowest BCUT2D eigenvalue weighted by molar-refractivity contribution is 0.0921. The van der Waals surface area contributed by atoms with Crippen LogP contribution in [0.5, 0.6) is 5.75 Å². The third-order valence-corrected chi connectivity index (χ3v) is 3.54. The molecule has 3 rings (SSSR count). The Kier molecular flexibility index (Phi) is 3.69. The summed E-state index contributed by atoms with van der Waals surface area (Å²) in [6.07, 6.45) is 0. The molecule has 0 aliphatic carbocycles. The number of carbonyl (C=O) groups is 1. The second-order valence-corrected chi connectivity index (χ2v) is 5.04. The monoisotopic (exact) mass is 276 g/mol. The summed E-state index contributed by atoms with van der Waals surface area (Å²) in [5, 5.41) is 2.27. The molecule has 0 radical (unpaired) electrons. The Balaban J connectivity index is 1.74. The highest BCUT2D eigenvalue weighted by Crippen LogP contribution is 2.20. The van der Waals surface area contributed by atoms with Gasteiger partial charge in [0.25, 0.3) is 0 Å². The van der Waals surface area contributed by atoms with Crippen molar-refractivity contribution in [2.24, 2.45) is 0 Å². The van der Waals surface area contributed by atoms with Crippen molar-refractivity contribution in [1.29, 1.82) is 0 Å². The molecule has 0 aliphatic rings. The van der Waals surface area contributed by atoms with E-state index in [-0.39, 0.29) is 12.4 Å². The van der Waals surface area contributed by atoms with Crippen LogP contribution in [0.2, 0.25) is 0 Å². The van der Waals surface area contributed by atoms with Crippen LogP contribution in [0.15, 0.2) is 66.7 Å². The molecule has 21 heavy (non-hydrogen) atoms. The quantitative estimate of drug-likeness (QED) is 0.660. The van der Waals surface area contributed by atoms with Crippen LogP contribution in [-0.4, -0.2) is 12.4 Å². The summed E-state index contributed by atoms with van der Waals surface area (Å²) < 4.78 is 5.64. The van der Waals surface area contributed by atoms with Gasteiger partial charge < -0.3 is 4.74 Å². The SMILES string of the molecule is Cc1ccccc1C(=O)COc1ccc2ccccc2c1. The van der Waals surface area contributed by atoms with E-state index in [2.05, 4.69) is 6.07 Å². The van der Waals surface area contributed by atoms with Gasteiger partial charge in [-0.05, 0) is 35.4 Å². The van der Waals surface area contributed by atoms with Gasteiger partial charge in [0, 0.05) is 5.56 Å². The number of hydrogen-bond donors (Lipinski definition) is 0. The zero-order valence-electron chi connectivity index (χ0n) is 11.9. The Morgan fingerprint density at radius 2 is 1.62 bits per heavy atom. The van der Waals surface area contributed by atoms with Gasteiger partial charge in [0.1, 0.15) is 5.75 Å². The van der Waals surface area contributed by atoms with E-state index >= 15 is 0 Å². The summed E-state index contributed by atoms with van der Waals surface area (Å²) >= 11 is 0. The zero-order valence-corrected chi connectivity index (χ0v) is 11.9. The van der Waals surface area contributed by atoms with Crippen LogP contribution in [0.25, 0.3) is 10.8 Å². The van der Waals surface area contributed by atoms with Crippen molar-refractivity contribution in [2.45, 2.75) is 6.92 Å². The molecular weight excluding hydrogens is 260 g/mol. The third-order valence-electron chi connectivity index (χ3n) is 3.54. The number of carbonyl (C=O) groups excluding carboxylic acids is 1. The van der Waals surface area contributed by atoms with E-state index in [1.54, 1.807) is 0 Å². The molecule has 0 N–H and O–H groups in total. The van der Waals surface area contributed by atoms with Crippen molar-refractivity contribution >= 4 is 16.6 Å². The van der Waals surface area contributed by atoms with Crippen molar-refractivity contribution in [2.75, 3.05) is 6.61 Å². The van der Waals surface area contributed by atoms with E-state index in [4.69, 9.17) is 4.74 Å². The zero-order chi connectivity index (χ0) is 14.7. The van der Waals surface area contributed by atoms with Crippen LogP contribution in [0.3, 0.4) is 0 Å². The van der Waals surface area contributed by atoms with Crippen LogP contribution in [0.1, 0.15) is 15.9 Å². The van der Waals surface area contributed by atoms with Crippen LogP contribution in [-0.2, 0) is 0 Å². The topological polar surface area (TPSA) is 26.3 Å². The molecule has 0 saturated carbocycles. The number of Topliss-reactive ketones (excluding diaryl/α,β-unsaturated/α-hetero) is 1. The summed E-state index contributed by atoms with van der Waals surface area (Å²) in [4.78, 5) is 12.2. The number of rotatable bonds is 4. The van der Waals surface area contributed by atoms with Gasteiger partial charge in [-0.1, -0.05) is 54.6 Å². The number of ether oxygens (including phenoxy) is 1. The Labute approximate surface area is 124 Å². The first-order chi connectivity index (χ1) is 10.2. The molecule has 0 saturated heterocycles. The van der Waals surface area contributed by atoms with Crippen LogP contribution < -0.4 is 4.74 Å². The summed E-state index contributed by atoms with van der Waals surface area (Å²) in [7, 11) is 0. The maximum atomic E-state index is 12.2. The normalized spacial score (nSPS) is 10.5. The molecule has 0 heterocycles. The smallest absolute Gasteiger partial charge is 0.200 e. The van der Waals surface area contributed by atoms with E-state index < -0.39 is 0 Å². The molecule has 104 valence electrons. The predicted octanol–water partition coefficient (Wildman–Crippen LogP) is 4.41.